The second-order valence-electron chi connectivity index (χ2n) is 1.88. The Balaban J connectivity index is 2.93. The summed E-state index contributed by atoms with van der Waals surface area (Å²) in [6, 6.07) is 1.85. The Bertz CT molecular complexity index is 242. The number of carbonyl (C=O) groups excluding carboxylic acids is 1. The van der Waals surface area contributed by atoms with Gasteiger partial charge in [-0.1, -0.05) is 6.92 Å². The number of Topliss-reactive ketones (excluding diaryl/α,β-unsaturated/α-hetero) is 1. The summed E-state index contributed by atoms with van der Waals surface area (Å²) in [7, 11) is 0. The molecule has 1 nitrogen and oxygen atoms in total. The lowest BCUT2D eigenvalue weighted by Gasteiger charge is -1.91. The van der Waals surface area contributed by atoms with E-state index in [9.17, 15) is 4.79 Å². The lowest BCUT2D eigenvalue weighted by Crippen LogP contribution is -1.93. The molecule has 0 unspecified atom stereocenters. The molecule has 3 heteroatoms. The molecule has 0 aliphatic carbocycles. The zero-order valence-electron chi connectivity index (χ0n) is 5.56. The van der Waals surface area contributed by atoms with Crippen LogP contribution in [0.15, 0.2) is 15.2 Å². The Morgan fingerprint density at radius 2 is 2.50 bits per heavy atom. The summed E-state index contributed by atoms with van der Waals surface area (Å²) in [5.41, 5.74) is 0.813. The van der Waals surface area contributed by atoms with E-state index in [4.69, 9.17) is 0 Å². The van der Waals surface area contributed by atoms with E-state index in [2.05, 4.69) is 15.9 Å². The molecule has 54 valence electrons. The highest BCUT2D eigenvalue weighted by molar-refractivity contribution is 9.11. The van der Waals surface area contributed by atoms with Gasteiger partial charge in [-0.3, -0.25) is 4.79 Å². The number of halogens is 1. The van der Waals surface area contributed by atoms with Gasteiger partial charge in [0, 0.05) is 12.0 Å². The molecular formula is C7H7BrOS. The number of rotatable bonds is 2. The van der Waals surface area contributed by atoms with Crippen molar-refractivity contribution in [1.82, 2.24) is 0 Å². The van der Waals surface area contributed by atoms with Crippen LogP contribution >= 0.6 is 27.3 Å². The monoisotopic (exact) mass is 218 g/mol. The van der Waals surface area contributed by atoms with Crippen molar-refractivity contribution in [2.24, 2.45) is 0 Å². The predicted octanol–water partition coefficient (Wildman–Crippen LogP) is 3.10. The lowest BCUT2D eigenvalue weighted by molar-refractivity contribution is 0.0988. The van der Waals surface area contributed by atoms with Crippen LogP contribution in [-0.4, -0.2) is 5.78 Å². The van der Waals surface area contributed by atoms with E-state index in [-0.39, 0.29) is 5.78 Å². The molecule has 0 spiro atoms. The van der Waals surface area contributed by atoms with E-state index < -0.39 is 0 Å². The number of hydrogen-bond acceptors (Lipinski definition) is 2. The molecule has 1 rings (SSSR count). The fourth-order valence-electron chi connectivity index (χ4n) is 0.684. The van der Waals surface area contributed by atoms with Gasteiger partial charge in [-0.05, 0) is 27.4 Å². The van der Waals surface area contributed by atoms with Crippen LogP contribution in [0.4, 0.5) is 0 Å². The Kier molecular flexibility index (Phi) is 2.63. The average Bonchev–Trinajstić information content (AvgIpc) is 2.34. The third-order valence-corrected chi connectivity index (χ3v) is 2.93. The molecule has 0 saturated carbocycles. The highest BCUT2D eigenvalue weighted by Gasteiger charge is 2.07. The first kappa shape index (κ1) is 7.95. The molecule has 0 aliphatic rings. The molecule has 1 heterocycles. The summed E-state index contributed by atoms with van der Waals surface area (Å²) in [5.74, 6) is 0.202. The van der Waals surface area contributed by atoms with Crippen molar-refractivity contribution in [3.8, 4) is 0 Å². The minimum atomic E-state index is 0.202. The van der Waals surface area contributed by atoms with E-state index in [0.29, 0.717) is 6.42 Å². The first-order valence-electron chi connectivity index (χ1n) is 3.02. The van der Waals surface area contributed by atoms with Crippen molar-refractivity contribution in [3.05, 3.63) is 20.8 Å². The van der Waals surface area contributed by atoms with Gasteiger partial charge in [-0.15, -0.1) is 11.3 Å². The summed E-state index contributed by atoms with van der Waals surface area (Å²) in [6.45, 7) is 1.87. The second-order valence-corrected chi connectivity index (χ2v) is 4.12. The third-order valence-electron chi connectivity index (χ3n) is 1.24. The fourth-order valence-corrected chi connectivity index (χ4v) is 1.99. The minimum absolute atomic E-state index is 0.202. The molecule has 0 atom stereocenters. The van der Waals surface area contributed by atoms with Crippen LogP contribution in [0.1, 0.15) is 23.7 Å². The second kappa shape index (κ2) is 3.30. The maximum absolute atomic E-state index is 11.1. The van der Waals surface area contributed by atoms with Gasteiger partial charge < -0.3 is 0 Å². The zero-order valence-corrected chi connectivity index (χ0v) is 7.96. The van der Waals surface area contributed by atoms with E-state index in [1.807, 2.05) is 18.4 Å². The van der Waals surface area contributed by atoms with Crippen molar-refractivity contribution in [1.29, 1.82) is 0 Å². The SMILES string of the molecule is CCC(=O)c1ccsc1Br. The molecule has 10 heavy (non-hydrogen) atoms. The van der Waals surface area contributed by atoms with Gasteiger partial charge in [-0.2, -0.15) is 0 Å². The Morgan fingerprint density at radius 3 is 2.90 bits per heavy atom. The van der Waals surface area contributed by atoms with Crippen LogP contribution in [-0.2, 0) is 0 Å². The Morgan fingerprint density at radius 1 is 1.80 bits per heavy atom. The summed E-state index contributed by atoms with van der Waals surface area (Å²) in [6.07, 6.45) is 0.579. The van der Waals surface area contributed by atoms with Crippen molar-refractivity contribution >= 4 is 33.0 Å². The van der Waals surface area contributed by atoms with E-state index in [1.54, 1.807) is 11.3 Å². The van der Waals surface area contributed by atoms with Gasteiger partial charge in [-0.25, -0.2) is 0 Å². The number of ketones is 1. The molecule has 1 aromatic heterocycles. The standard InChI is InChI=1S/C7H7BrOS/c1-2-6(9)5-3-4-10-7(5)8/h3-4H,2H2,1H3. The molecule has 0 amide bonds. The van der Waals surface area contributed by atoms with Crippen molar-refractivity contribution in [3.63, 3.8) is 0 Å². The summed E-state index contributed by atoms with van der Waals surface area (Å²) in [4.78, 5) is 11.1. The van der Waals surface area contributed by atoms with Crippen molar-refractivity contribution in [2.75, 3.05) is 0 Å². The zero-order chi connectivity index (χ0) is 7.56. The van der Waals surface area contributed by atoms with E-state index >= 15 is 0 Å². The minimum Gasteiger partial charge on any atom is -0.294 e. The lowest BCUT2D eigenvalue weighted by atomic mass is 10.2. The van der Waals surface area contributed by atoms with Crippen LogP contribution < -0.4 is 0 Å². The Hall–Kier alpha value is -0.150. The van der Waals surface area contributed by atoms with Crippen LogP contribution in [0.25, 0.3) is 0 Å². The van der Waals surface area contributed by atoms with Gasteiger partial charge >= 0.3 is 0 Å². The first-order valence-corrected chi connectivity index (χ1v) is 4.69. The molecule has 0 aliphatic heterocycles. The van der Waals surface area contributed by atoms with E-state index in [1.165, 1.54) is 0 Å². The molecule has 1 aromatic rings. The summed E-state index contributed by atoms with van der Waals surface area (Å²) >= 11 is 4.85. The molecule has 0 fully saturated rings. The van der Waals surface area contributed by atoms with Crippen LogP contribution in [0.2, 0.25) is 0 Å². The average molecular weight is 219 g/mol. The van der Waals surface area contributed by atoms with Crippen LogP contribution in [0.3, 0.4) is 0 Å². The number of thiophene rings is 1. The van der Waals surface area contributed by atoms with Gasteiger partial charge in [0.15, 0.2) is 5.78 Å². The number of hydrogen-bond donors (Lipinski definition) is 0. The fraction of sp³-hybridized carbons (Fsp3) is 0.286. The highest BCUT2D eigenvalue weighted by atomic mass is 79.9. The first-order chi connectivity index (χ1) is 4.75. The molecule has 0 bridgehead atoms. The maximum atomic E-state index is 11.1. The smallest absolute Gasteiger partial charge is 0.164 e. The molecular weight excluding hydrogens is 212 g/mol. The topological polar surface area (TPSA) is 17.1 Å². The van der Waals surface area contributed by atoms with Gasteiger partial charge in [0.2, 0.25) is 0 Å². The largest absolute Gasteiger partial charge is 0.294 e. The highest BCUT2D eigenvalue weighted by Crippen LogP contribution is 2.24. The van der Waals surface area contributed by atoms with E-state index in [0.717, 1.165) is 9.35 Å². The summed E-state index contributed by atoms with van der Waals surface area (Å²) < 4.78 is 0.944. The predicted molar refractivity (Wildman–Crippen MR) is 46.6 cm³/mol. The molecule has 0 aromatic carbocycles. The van der Waals surface area contributed by atoms with Gasteiger partial charge in [0.1, 0.15) is 0 Å². The number of carbonyl (C=O) groups is 1. The normalized spacial score (nSPS) is 9.80. The molecule has 0 N–H and O–H groups in total. The summed E-state index contributed by atoms with van der Waals surface area (Å²) in [5, 5.41) is 1.91. The van der Waals surface area contributed by atoms with Crippen LogP contribution in [0, 0.1) is 0 Å². The van der Waals surface area contributed by atoms with Gasteiger partial charge in [0.25, 0.3) is 0 Å². The Labute approximate surface area is 72.2 Å². The maximum Gasteiger partial charge on any atom is 0.164 e. The molecule has 0 saturated heterocycles. The van der Waals surface area contributed by atoms with Crippen molar-refractivity contribution < 1.29 is 4.79 Å². The van der Waals surface area contributed by atoms with Crippen molar-refractivity contribution in [2.45, 2.75) is 13.3 Å². The van der Waals surface area contributed by atoms with Gasteiger partial charge in [0.05, 0.1) is 3.79 Å². The quantitative estimate of drug-likeness (QED) is 0.698. The molecule has 0 radical (unpaired) electrons. The third kappa shape index (κ3) is 1.47. The van der Waals surface area contributed by atoms with Crippen LogP contribution in [0.5, 0.6) is 0 Å².